The Bertz CT molecular complexity index is 975. The van der Waals surface area contributed by atoms with Gasteiger partial charge < -0.3 is 14.3 Å². The van der Waals surface area contributed by atoms with Crippen LogP contribution in [-0.2, 0) is 15.6 Å². The van der Waals surface area contributed by atoms with Crippen molar-refractivity contribution in [3.05, 3.63) is 45.0 Å². The summed E-state index contributed by atoms with van der Waals surface area (Å²) in [6.07, 6.45) is 5.45. The normalized spacial score (nSPS) is 20.7. The highest BCUT2D eigenvalue weighted by Crippen LogP contribution is 2.55. The van der Waals surface area contributed by atoms with Crippen molar-refractivity contribution in [3.63, 3.8) is 0 Å². The molecule has 1 heterocycles. The van der Waals surface area contributed by atoms with Gasteiger partial charge in [-0.2, -0.15) is 0 Å². The number of allylic oxidation sites excluding steroid dienone is 2. The van der Waals surface area contributed by atoms with Crippen LogP contribution in [0.1, 0.15) is 96.1 Å². The molecule has 1 aromatic rings. The predicted octanol–water partition coefficient (Wildman–Crippen LogP) is 6.86. The van der Waals surface area contributed by atoms with Gasteiger partial charge in [0.15, 0.2) is 0 Å². The average molecular weight is 496 g/mol. The Labute approximate surface area is 204 Å². The Kier molecular flexibility index (Phi) is 8.38. The lowest BCUT2D eigenvalue weighted by molar-refractivity contribution is -0.757. The first kappa shape index (κ1) is 26.9. The third-order valence-electron chi connectivity index (χ3n) is 6.91. The third-order valence-corrected chi connectivity index (χ3v) is 6.91. The van der Waals surface area contributed by atoms with Gasteiger partial charge in [0.2, 0.25) is 0 Å². The fraction of sp³-hybridized carbons (Fsp3) is 0.654. The zero-order valence-electron chi connectivity index (χ0n) is 20.9. The molecule has 35 heavy (non-hydrogen) atoms. The van der Waals surface area contributed by atoms with Crippen molar-refractivity contribution in [2.24, 2.45) is 5.92 Å². The molecular formula is C26H35F2NO6. The number of carbonyl (C=O) groups excluding carboxylic acids is 1. The summed E-state index contributed by atoms with van der Waals surface area (Å²) in [6, 6.07) is 2.67. The van der Waals surface area contributed by atoms with Crippen molar-refractivity contribution in [3.8, 4) is 11.5 Å². The first-order chi connectivity index (χ1) is 16.4. The number of hydrogen-bond donors (Lipinski definition) is 0. The number of ether oxygens (including phenoxy) is 2. The molecule has 0 N–H and O–H groups in total. The van der Waals surface area contributed by atoms with E-state index in [0.717, 1.165) is 19.3 Å². The predicted molar refractivity (Wildman–Crippen MR) is 126 cm³/mol. The molecule has 0 amide bonds. The molecule has 2 aliphatic rings. The van der Waals surface area contributed by atoms with Gasteiger partial charge in [-0.05, 0) is 58.6 Å². The fourth-order valence-corrected chi connectivity index (χ4v) is 5.07. The molecule has 2 atom stereocenters. The standard InChI is InChI=1S/C26H35F2NO6/c1-5-6-7-12-26(27,28)18-15-21(34-23(30)9-8-13-33-29(31)32)24-19-14-17(2)10-11-20(19)25(3,4)35-22(24)16-18/h14-16,19-20H,5-13H2,1-4H3. The third kappa shape index (κ3) is 6.49. The van der Waals surface area contributed by atoms with E-state index in [1.807, 2.05) is 27.7 Å². The van der Waals surface area contributed by atoms with Crippen LogP contribution in [0.15, 0.2) is 23.8 Å². The summed E-state index contributed by atoms with van der Waals surface area (Å²) in [5.41, 5.74) is 0.985. The lowest BCUT2D eigenvalue weighted by Gasteiger charge is -2.46. The maximum Gasteiger partial charge on any atom is 0.311 e. The lowest BCUT2D eigenvalue weighted by Crippen LogP contribution is -2.45. The Hall–Kier alpha value is -2.71. The van der Waals surface area contributed by atoms with Gasteiger partial charge in [-0.25, -0.2) is 8.78 Å². The first-order valence-corrected chi connectivity index (χ1v) is 12.3. The molecule has 194 valence electrons. The van der Waals surface area contributed by atoms with E-state index in [2.05, 4.69) is 10.9 Å². The molecule has 1 aliphatic heterocycles. The molecule has 2 unspecified atom stereocenters. The average Bonchev–Trinajstić information content (AvgIpc) is 2.75. The number of unbranched alkanes of at least 4 members (excludes halogenated alkanes) is 2. The van der Waals surface area contributed by atoms with Crippen molar-refractivity contribution in [1.29, 1.82) is 0 Å². The highest BCUT2D eigenvalue weighted by molar-refractivity contribution is 5.74. The van der Waals surface area contributed by atoms with Gasteiger partial charge >= 0.3 is 5.97 Å². The number of benzene rings is 1. The number of halogens is 2. The van der Waals surface area contributed by atoms with Gasteiger partial charge in [0, 0.05) is 35.8 Å². The van der Waals surface area contributed by atoms with E-state index in [1.165, 1.54) is 17.7 Å². The lowest BCUT2D eigenvalue weighted by atomic mass is 9.68. The number of nitrogens with zero attached hydrogens (tertiary/aromatic N) is 1. The van der Waals surface area contributed by atoms with Gasteiger partial charge in [0.25, 0.3) is 11.0 Å². The smallest absolute Gasteiger partial charge is 0.311 e. The molecule has 0 bridgehead atoms. The van der Waals surface area contributed by atoms with Crippen LogP contribution in [0.4, 0.5) is 8.78 Å². The molecule has 0 saturated carbocycles. The van der Waals surface area contributed by atoms with E-state index in [0.29, 0.717) is 24.2 Å². The number of alkyl halides is 2. The van der Waals surface area contributed by atoms with E-state index in [4.69, 9.17) is 9.47 Å². The van der Waals surface area contributed by atoms with Crippen LogP contribution in [0.25, 0.3) is 0 Å². The van der Waals surface area contributed by atoms with E-state index in [9.17, 15) is 14.9 Å². The second kappa shape index (κ2) is 10.9. The Morgan fingerprint density at radius 2 is 2.03 bits per heavy atom. The van der Waals surface area contributed by atoms with Crippen LogP contribution in [0.2, 0.25) is 0 Å². The molecule has 0 saturated heterocycles. The zero-order valence-corrected chi connectivity index (χ0v) is 20.9. The van der Waals surface area contributed by atoms with Crippen LogP contribution in [-0.4, -0.2) is 23.3 Å². The molecule has 0 spiro atoms. The van der Waals surface area contributed by atoms with Crippen molar-refractivity contribution in [2.45, 2.75) is 96.5 Å². The van der Waals surface area contributed by atoms with Gasteiger partial charge in [-0.1, -0.05) is 31.4 Å². The van der Waals surface area contributed by atoms with Crippen LogP contribution < -0.4 is 9.47 Å². The van der Waals surface area contributed by atoms with Crippen molar-refractivity contribution in [1.82, 2.24) is 0 Å². The van der Waals surface area contributed by atoms with Crippen LogP contribution in [0.3, 0.4) is 0 Å². The number of hydrogen-bond acceptors (Lipinski definition) is 6. The number of esters is 1. The summed E-state index contributed by atoms with van der Waals surface area (Å²) in [5.74, 6) is -3.42. The molecular weight excluding hydrogens is 460 g/mol. The van der Waals surface area contributed by atoms with E-state index >= 15 is 8.78 Å². The van der Waals surface area contributed by atoms with E-state index in [1.54, 1.807) is 0 Å². The molecule has 0 fully saturated rings. The number of carbonyl (C=O) groups is 1. The van der Waals surface area contributed by atoms with Crippen molar-refractivity contribution >= 4 is 5.97 Å². The van der Waals surface area contributed by atoms with Crippen LogP contribution in [0, 0.1) is 16.0 Å². The number of fused-ring (bicyclic) bond motifs is 3. The summed E-state index contributed by atoms with van der Waals surface area (Å²) in [4.78, 5) is 27.1. The second-order valence-corrected chi connectivity index (χ2v) is 10.1. The fourth-order valence-electron chi connectivity index (χ4n) is 5.07. The van der Waals surface area contributed by atoms with Crippen LogP contribution in [0.5, 0.6) is 11.5 Å². The minimum atomic E-state index is -3.10. The minimum Gasteiger partial charge on any atom is -0.487 e. The Morgan fingerprint density at radius 1 is 1.29 bits per heavy atom. The Morgan fingerprint density at radius 3 is 2.71 bits per heavy atom. The van der Waals surface area contributed by atoms with Gasteiger partial charge in [-0.3, -0.25) is 4.79 Å². The first-order valence-electron chi connectivity index (χ1n) is 12.3. The highest BCUT2D eigenvalue weighted by Gasteiger charge is 2.46. The largest absolute Gasteiger partial charge is 0.487 e. The SMILES string of the molecule is CCCCCC(F)(F)c1cc(OC(=O)CCCO[N+](=O)[O-])c2c(c1)OC(C)(C)C1CCC(C)=CC21. The van der Waals surface area contributed by atoms with Gasteiger partial charge in [0.05, 0.1) is 6.61 Å². The molecule has 9 heteroatoms. The van der Waals surface area contributed by atoms with E-state index in [-0.39, 0.29) is 49.0 Å². The minimum absolute atomic E-state index is 0.0729. The molecule has 3 rings (SSSR count). The topological polar surface area (TPSA) is 87.9 Å². The molecule has 0 aromatic heterocycles. The zero-order chi connectivity index (χ0) is 25.8. The second-order valence-electron chi connectivity index (χ2n) is 10.1. The molecule has 1 aliphatic carbocycles. The van der Waals surface area contributed by atoms with Gasteiger partial charge in [0.1, 0.15) is 17.1 Å². The summed E-state index contributed by atoms with van der Waals surface area (Å²) >= 11 is 0. The maximum atomic E-state index is 15.2. The number of rotatable bonds is 11. The monoisotopic (exact) mass is 495 g/mol. The van der Waals surface area contributed by atoms with E-state index < -0.39 is 22.6 Å². The Balaban J connectivity index is 1.98. The summed E-state index contributed by atoms with van der Waals surface area (Å²) in [7, 11) is 0. The van der Waals surface area contributed by atoms with Gasteiger partial charge in [-0.15, -0.1) is 10.1 Å². The van der Waals surface area contributed by atoms with Crippen molar-refractivity contribution in [2.75, 3.05) is 6.61 Å². The van der Waals surface area contributed by atoms with Crippen molar-refractivity contribution < 1.29 is 33.0 Å². The van der Waals surface area contributed by atoms with Crippen LogP contribution >= 0.6 is 0 Å². The molecule has 1 aromatic carbocycles. The maximum absolute atomic E-state index is 15.2. The quantitative estimate of drug-likeness (QED) is 0.0832. The summed E-state index contributed by atoms with van der Waals surface area (Å²) in [5, 5.41) is 9.38. The summed E-state index contributed by atoms with van der Waals surface area (Å²) < 4.78 is 42.3. The molecule has 7 nitrogen and oxygen atoms in total. The molecule has 0 radical (unpaired) electrons. The highest BCUT2D eigenvalue weighted by atomic mass is 19.3. The summed E-state index contributed by atoms with van der Waals surface area (Å²) in [6.45, 7) is 7.68.